The van der Waals surface area contributed by atoms with E-state index in [1.165, 1.54) is 12.3 Å². The van der Waals surface area contributed by atoms with Gasteiger partial charge in [-0.2, -0.15) is 0 Å². The van der Waals surface area contributed by atoms with Gasteiger partial charge < -0.3 is 5.11 Å². The van der Waals surface area contributed by atoms with Gasteiger partial charge in [0.25, 0.3) is 0 Å². The zero-order chi connectivity index (χ0) is 15.5. The van der Waals surface area contributed by atoms with Crippen LogP contribution in [0.15, 0.2) is 41.4 Å². The molecule has 0 radical (unpaired) electrons. The second kappa shape index (κ2) is 6.48. The van der Waals surface area contributed by atoms with E-state index in [9.17, 15) is 12.8 Å². The molecule has 0 amide bonds. The van der Waals surface area contributed by atoms with Crippen LogP contribution < -0.4 is 4.72 Å². The monoisotopic (exact) mass is 330 g/mol. The summed E-state index contributed by atoms with van der Waals surface area (Å²) in [4.78, 5) is 3.36. The Bertz CT molecular complexity index is 739. The highest BCUT2D eigenvalue weighted by atomic mass is 35.5. The first kappa shape index (κ1) is 15.8. The third-order valence-corrected chi connectivity index (χ3v) is 4.33. The maximum Gasteiger partial charge on any atom is 0.243 e. The maximum atomic E-state index is 14.0. The topological polar surface area (TPSA) is 79.3 Å². The number of aliphatic hydroxyl groups excluding tert-OH is 1. The standard InChI is InChI=1S/C13H12ClFN2O3S/c14-10-5-9(8-18)13(15)12(6-10)21(19,20)17-7-11-3-1-2-4-16-11/h1-6,17-18H,7-8H2. The number of halogens is 2. The molecule has 0 aliphatic carbocycles. The van der Waals surface area contributed by atoms with Crippen LogP contribution in [0.5, 0.6) is 0 Å². The molecule has 21 heavy (non-hydrogen) atoms. The van der Waals surface area contributed by atoms with E-state index >= 15 is 0 Å². The number of hydrogen-bond donors (Lipinski definition) is 2. The van der Waals surface area contributed by atoms with Gasteiger partial charge in [0.05, 0.1) is 18.8 Å². The van der Waals surface area contributed by atoms with Gasteiger partial charge in [-0.15, -0.1) is 0 Å². The number of aromatic nitrogens is 1. The van der Waals surface area contributed by atoms with Crippen LogP contribution in [-0.2, 0) is 23.2 Å². The molecule has 0 spiro atoms. The fourth-order valence-corrected chi connectivity index (χ4v) is 3.13. The zero-order valence-corrected chi connectivity index (χ0v) is 12.3. The number of nitrogens with zero attached hydrogens (tertiary/aromatic N) is 1. The van der Waals surface area contributed by atoms with Gasteiger partial charge in [0, 0.05) is 16.8 Å². The number of sulfonamides is 1. The van der Waals surface area contributed by atoms with E-state index in [2.05, 4.69) is 9.71 Å². The van der Waals surface area contributed by atoms with E-state index in [4.69, 9.17) is 16.7 Å². The van der Waals surface area contributed by atoms with Crippen LogP contribution >= 0.6 is 11.6 Å². The van der Waals surface area contributed by atoms with Crippen LogP contribution in [0.25, 0.3) is 0 Å². The van der Waals surface area contributed by atoms with Crippen molar-refractivity contribution in [1.82, 2.24) is 9.71 Å². The molecule has 0 atom stereocenters. The molecule has 0 bridgehead atoms. The third kappa shape index (κ3) is 3.76. The maximum absolute atomic E-state index is 14.0. The third-order valence-electron chi connectivity index (χ3n) is 2.71. The zero-order valence-electron chi connectivity index (χ0n) is 10.8. The summed E-state index contributed by atoms with van der Waals surface area (Å²) in [5.74, 6) is -1.02. The van der Waals surface area contributed by atoms with Crippen molar-refractivity contribution in [2.45, 2.75) is 18.0 Å². The van der Waals surface area contributed by atoms with Crippen molar-refractivity contribution in [3.05, 3.63) is 58.6 Å². The Morgan fingerprint density at radius 1 is 1.33 bits per heavy atom. The summed E-state index contributed by atoms with van der Waals surface area (Å²) >= 11 is 5.74. The molecule has 0 saturated heterocycles. The van der Waals surface area contributed by atoms with Gasteiger partial charge in [0.1, 0.15) is 10.7 Å². The van der Waals surface area contributed by atoms with E-state index in [1.807, 2.05) is 0 Å². The van der Waals surface area contributed by atoms with E-state index in [0.29, 0.717) is 5.69 Å². The molecule has 5 nitrogen and oxygen atoms in total. The summed E-state index contributed by atoms with van der Waals surface area (Å²) in [6.07, 6.45) is 1.52. The number of nitrogens with one attached hydrogen (secondary N) is 1. The van der Waals surface area contributed by atoms with Crippen LogP contribution in [0.4, 0.5) is 4.39 Å². The molecule has 2 rings (SSSR count). The molecule has 1 heterocycles. The molecule has 0 fully saturated rings. The predicted molar refractivity (Wildman–Crippen MR) is 75.6 cm³/mol. The minimum absolute atomic E-state index is 0.0265. The van der Waals surface area contributed by atoms with Gasteiger partial charge in [-0.05, 0) is 24.3 Å². The molecular weight excluding hydrogens is 319 g/mol. The Hall–Kier alpha value is -1.54. The highest BCUT2D eigenvalue weighted by molar-refractivity contribution is 7.89. The number of benzene rings is 1. The average Bonchev–Trinajstić information content (AvgIpc) is 2.48. The Morgan fingerprint density at radius 2 is 2.10 bits per heavy atom. The van der Waals surface area contributed by atoms with E-state index in [-0.39, 0.29) is 17.1 Å². The molecule has 8 heteroatoms. The van der Waals surface area contributed by atoms with E-state index in [1.54, 1.807) is 18.2 Å². The first-order valence-electron chi connectivity index (χ1n) is 5.92. The van der Waals surface area contributed by atoms with Gasteiger partial charge in [-0.25, -0.2) is 17.5 Å². The van der Waals surface area contributed by atoms with Gasteiger partial charge in [0.15, 0.2) is 0 Å². The van der Waals surface area contributed by atoms with Gasteiger partial charge >= 0.3 is 0 Å². The Kier molecular flexibility index (Phi) is 4.89. The van der Waals surface area contributed by atoms with Crippen molar-refractivity contribution in [2.24, 2.45) is 0 Å². The van der Waals surface area contributed by atoms with Crippen LogP contribution in [0.3, 0.4) is 0 Å². The van der Waals surface area contributed by atoms with Crippen molar-refractivity contribution >= 4 is 21.6 Å². The molecule has 2 N–H and O–H groups in total. The lowest BCUT2D eigenvalue weighted by molar-refractivity contribution is 0.274. The van der Waals surface area contributed by atoms with Gasteiger partial charge in [0.2, 0.25) is 10.0 Å². The lowest BCUT2D eigenvalue weighted by atomic mass is 10.2. The summed E-state index contributed by atoms with van der Waals surface area (Å²) in [6.45, 7) is -0.723. The lowest BCUT2D eigenvalue weighted by Gasteiger charge is -2.10. The molecular formula is C13H12ClFN2O3S. The summed E-state index contributed by atoms with van der Waals surface area (Å²) in [5.41, 5.74) is 0.312. The summed E-state index contributed by atoms with van der Waals surface area (Å²) < 4.78 is 40.5. The minimum atomic E-state index is -4.10. The van der Waals surface area contributed by atoms with Crippen LogP contribution in [0, 0.1) is 5.82 Å². The smallest absolute Gasteiger partial charge is 0.243 e. The molecule has 0 aliphatic heterocycles. The minimum Gasteiger partial charge on any atom is -0.392 e. The van der Waals surface area contributed by atoms with Crippen molar-refractivity contribution in [2.75, 3.05) is 0 Å². The summed E-state index contributed by atoms with van der Waals surface area (Å²) in [5, 5.41) is 9.04. The Labute approximate surface area is 126 Å². The van der Waals surface area contributed by atoms with Crippen molar-refractivity contribution < 1.29 is 17.9 Å². The molecule has 1 aromatic heterocycles. The number of aliphatic hydroxyl groups is 1. The van der Waals surface area contributed by atoms with E-state index < -0.39 is 27.3 Å². The second-order valence-corrected chi connectivity index (χ2v) is 6.35. The first-order valence-corrected chi connectivity index (χ1v) is 7.78. The summed E-state index contributed by atoms with van der Waals surface area (Å²) in [6, 6.07) is 7.21. The Morgan fingerprint density at radius 3 is 2.71 bits per heavy atom. The number of hydrogen-bond acceptors (Lipinski definition) is 4. The normalized spacial score (nSPS) is 11.6. The fraction of sp³-hybridized carbons (Fsp3) is 0.154. The van der Waals surface area contributed by atoms with Crippen LogP contribution in [0.2, 0.25) is 5.02 Å². The molecule has 1 aromatic carbocycles. The predicted octanol–water partition coefficient (Wildman–Crippen LogP) is 1.84. The average molecular weight is 331 g/mol. The molecule has 112 valence electrons. The number of rotatable bonds is 5. The highest BCUT2D eigenvalue weighted by Crippen LogP contribution is 2.23. The fourth-order valence-electron chi connectivity index (χ4n) is 1.68. The van der Waals surface area contributed by atoms with Crippen LogP contribution in [0.1, 0.15) is 11.3 Å². The van der Waals surface area contributed by atoms with Crippen molar-refractivity contribution in [3.8, 4) is 0 Å². The molecule has 0 saturated carbocycles. The van der Waals surface area contributed by atoms with E-state index in [0.717, 1.165) is 6.07 Å². The lowest BCUT2D eigenvalue weighted by Crippen LogP contribution is -2.25. The second-order valence-electron chi connectivity index (χ2n) is 4.18. The first-order chi connectivity index (χ1) is 9.94. The Balaban J connectivity index is 2.30. The molecule has 0 aliphatic rings. The quantitative estimate of drug-likeness (QED) is 0.876. The number of pyridine rings is 1. The molecule has 0 unspecified atom stereocenters. The van der Waals surface area contributed by atoms with Gasteiger partial charge in [-0.3, -0.25) is 4.98 Å². The largest absolute Gasteiger partial charge is 0.392 e. The molecule has 2 aromatic rings. The SMILES string of the molecule is O=S(=O)(NCc1ccccn1)c1cc(Cl)cc(CO)c1F. The van der Waals surface area contributed by atoms with Crippen LogP contribution in [-0.4, -0.2) is 18.5 Å². The van der Waals surface area contributed by atoms with Gasteiger partial charge in [-0.1, -0.05) is 17.7 Å². The highest BCUT2D eigenvalue weighted by Gasteiger charge is 2.22. The van der Waals surface area contributed by atoms with Crippen molar-refractivity contribution in [1.29, 1.82) is 0 Å². The van der Waals surface area contributed by atoms with Crippen molar-refractivity contribution in [3.63, 3.8) is 0 Å². The summed E-state index contributed by atoms with van der Waals surface area (Å²) in [7, 11) is -4.10.